The Balaban J connectivity index is 2.26. The summed E-state index contributed by atoms with van der Waals surface area (Å²) in [6, 6.07) is 0. The molecular weight excluding hydrogens is 330 g/mol. The predicted octanol–water partition coefficient (Wildman–Crippen LogP) is -3.44. The summed E-state index contributed by atoms with van der Waals surface area (Å²) >= 11 is 5.04. The van der Waals surface area contributed by atoms with Gasteiger partial charge in [-0.1, -0.05) is 0 Å². The number of hydrogen-bond donors (Lipinski definition) is 6. The largest absolute Gasteiger partial charge is 0.481 e. The van der Waals surface area contributed by atoms with Crippen molar-refractivity contribution in [2.24, 2.45) is 11.1 Å². The molecule has 23 heavy (non-hydrogen) atoms. The molecule has 2 fully saturated rings. The number of nitrogens with zero attached hydrogens (tertiary/aromatic N) is 1. The number of hydrogen-bond acceptors (Lipinski definition) is 8. The van der Waals surface area contributed by atoms with Gasteiger partial charge in [0.05, 0.1) is 18.4 Å². The molecule has 2 saturated heterocycles. The van der Waals surface area contributed by atoms with E-state index in [2.05, 4.69) is 5.32 Å². The van der Waals surface area contributed by atoms with E-state index < -0.39 is 54.9 Å². The molecule has 10 nitrogen and oxygen atoms in total. The fraction of sp³-hybridized carbons (Fsp3) is 0.750. The van der Waals surface area contributed by atoms with Gasteiger partial charge in [0, 0.05) is 13.1 Å². The Morgan fingerprint density at radius 3 is 2.61 bits per heavy atom. The van der Waals surface area contributed by atoms with E-state index in [9.17, 15) is 19.8 Å². The number of nitrogens with one attached hydrogen (secondary N) is 1. The smallest absolute Gasteiger partial charge is 0.304 e. The second-order valence-electron chi connectivity index (χ2n) is 5.67. The number of nitrogens with two attached hydrogens (primary N) is 1. The number of ether oxygens (including phenoxy) is 1. The van der Waals surface area contributed by atoms with Crippen LogP contribution in [0.3, 0.4) is 0 Å². The van der Waals surface area contributed by atoms with Crippen LogP contribution < -0.4 is 11.1 Å². The first kappa shape index (κ1) is 18.0. The molecule has 0 aromatic heterocycles. The zero-order chi connectivity index (χ0) is 17.4. The van der Waals surface area contributed by atoms with E-state index >= 15 is 0 Å². The molecule has 0 aliphatic carbocycles. The molecule has 0 saturated carbocycles. The van der Waals surface area contributed by atoms with Crippen LogP contribution in [0.1, 0.15) is 6.42 Å². The molecule has 0 aromatic rings. The minimum atomic E-state index is -1.44. The van der Waals surface area contributed by atoms with Crippen LogP contribution >= 0.6 is 12.2 Å². The number of carbonyl (C=O) groups is 2. The standard InChI is InChI=1S/C12H19N3O7S/c13-3-12(1-6(17)18)4-15(11(23)14-10(12)21)9-8(20)7(19)5(2-16)22-9/h5,7-9,16,19-20H,1-4,13H2,(H,17,18)(H,14,21,23)/t5-,7-,8-,9-,12?/m1/s1. The molecule has 2 heterocycles. The zero-order valence-electron chi connectivity index (χ0n) is 12.1. The van der Waals surface area contributed by atoms with Crippen molar-refractivity contribution < 1.29 is 34.8 Å². The molecule has 1 unspecified atom stereocenters. The number of aliphatic hydroxyl groups excluding tert-OH is 3. The molecule has 7 N–H and O–H groups in total. The number of thiocarbonyl (C=S) groups is 1. The van der Waals surface area contributed by atoms with E-state index in [1.54, 1.807) is 0 Å². The maximum absolute atomic E-state index is 12.2. The Hall–Kier alpha value is -1.37. The van der Waals surface area contributed by atoms with Gasteiger partial charge in [-0.25, -0.2) is 0 Å². The summed E-state index contributed by atoms with van der Waals surface area (Å²) in [6.45, 7) is -0.953. The lowest BCUT2D eigenvalue weighted by Gasteiger charge is -2.44. The predicted molar refractivity (Wildman–Crippen MR) is 78.9 cm³/mol. The van der Waals surface area contributed by atoms with Crippen LogP contribution in [0.5, 0.6) is 0 Å². The Labute approximate surface area is 136 Å². The van der Waals surface area contributed by atoms with Gasteiger partial charge in [0.25, 0.3) is 0 Å². The van der Waals surface area contributed by atoms with Gasteiger partial charge in [0.15, 0.2) is 11.3 Å². The first-order valence-electron chi connectivity index (χ1n) is 6.92. The van der Waals surface area contributed by atoms with Gasteiger partial charge < -0.3 is 41.1 Å². The zero-order valence-corrected chi connectivity index (χ0v) is 12.9. The van der Waals surface area contributed by atoms with Crippen LogP contribution in [-0.2, 0) is 14.3 Å². The number of aliphatic hydroxyl groups is 3. The maximum Gasteiger partial charge on any atom is 0.304 e. The fourth-order valence-electron chi connectivity index (χ4n) is 2.77. The number of amides is 1. The van der Waals surface area contributed by atoms with E-state index in [4.69, 9.17) is 32.9 Å². The lowest BCUT2D eigenvalue weighted by molar-refractivity contribution is -0.149. The van der Waals surface area contributed by atoms with Crippen molar-refractivity contribution in [1.29, 1.82) is 0 Å². The highest BCUT2D eigenvalue weighted by Crippen LogP contribution is 2.32. The van der Waals surface area contributed by atoms with Gasteiger partial charge in [0.2, 0.25) is 5.91 Å². The molecule has 2 aliphatic rings. The van der Waals surface area contributed by atoms with Gasteiger partial charge in [0.1, 0.15) is 18.3 Å². The third-order valence-corrected chi connectivity index (χ3v) is 4.48. The van der Waals surface area contributed by atoms with Crippen molar-refractivity contribution in [1.82, 2.24) is 10.2 Å². The topological polar surface area (TPSA) is 166 Å². The normalized spacial score (nSPS) is 37.8. The number of carboxylic acids is 1. The third-order valence-electron chi connectivity index (χ3n) is 4.14. The van der Waals surface area contributed by atoms with Crippen molar-refractivity contribution >= 4 is 29.2 Å². The van der Waals surface area contributed by atoms with E-state index in [1.165, 1.54) is 4.90 Å². The number of carbonyl (C=O) groups excluding carboxylic acids is 1. The first-order chi connectivity index (χ1) is 10.8. The van der Waals surface area contributed by atoms with Crippen LogP contribution in [-0.4, -0.2) is 86.6 Å². The molecule has 5 atom stereocenters. The fourth-order valence-corrected chi connectivity index (χ4v) is 3.03. The van der Waals surface area contributed by atoms with Crippen molar-refractivity contribution in [2.75, 3.05) is 19.7 Å². The van der Waals surface area contributed by atoms with Gasteiger partial charge in [-0.05, 0) is 12.2 Å². The maximum atomic E-state index is 12.2. The molecule has 0 radical (unpaired) electrons. The molecule has 0 spiro atoms. The molecule has 0 bridgehead atoms. The van der Waals surface area contributed by atoms with Crippen LogP contribution in [0, 0.1) is 5.41 Å². The highest BCUT2D eigenvalue weighted by atomic mass is 32.1. The van der Waals surface area contributed by atoms with Gasteiger partial charge >= 0.3 is 5.97 Å². The molecule has 2 rings (SSSR count). The highest BCUT2D eigenvalue weighted by Gasteiger charge is 2.52. The number of aliphatic carboxylic acids is 1. The summed E-state index contributed by atoms with van der Waals surface area (Å²) in [7, 11) is 0. The quantitative estimate of drug-likeness (QED) is 0.275. The molecular formula is C12H19N3O7S. The summed E-state index contributed by atoms with van der Waals surface area (Å²) in [6.07, 6.45) is -5.39. The lowest BCUT2D eigenvalue weighted by atomic mass is 9.81. The third kappa shape index (κ3) is 3.16. The van der Waals surface area contributed by atoms with E-state index in [-0.39, 0.29) is 18.2 Å². The minimum Gasteiger partial charge on any atom is -0.481 e. The van der Waals surface area contributed by atoms with Crippen LogP contribution in [0.15, 0.2) is 0 Å². The van der Waals surface area contributed by atoms with E-state index in [1.807, 2.05) is 0 Å². The van der Waals surface area contributed by atoms with Crippen LogP contribution in [0.2, 0.25) is 0 Å². The Bertz CT molecular complexity index is 519. The van der Waals surface area contributed by atoms with Gasteiger partial charge in [-0.15, -0.1) is 0 Å². The van der Waals surface area contributed by atoms with Crippen molar-refractivity contribution in [3.05, 3.63) is 0 Å². The van der Waals surface area contributed by atoms with E-state index in [0.29, 0.717) is 0 Å². The summed E-state index contributed by atoms with van der Waals surface area (Å²) in [5, 5.41) is 40.3. The molecule has 2 aliphatic heterocycles. The average Bonchev–Trinajstić information content (AvgIpc) is 2.77. The van der Waals surface area contributed by atoms with E-state index in [0.717, 1.165) is 0 Å². The summed E-state index contributed by atoms with van der Waals surface area (Å²) in [4.78, 5) is 24.5. The second kappa shape index (κ2) is 6.63. The molecule has 0 aromatic carbocycles. The number of rotatable bonds is 5. The van der Waals surface area contributed by atoms with Gasteiger partial charge in [-0.3, -0.25) is 9.59 Å². The lowest BCUT2D eigenvalue weighted by Crippen LogP contribution is -2.66. The monoisotopic (exact) mass is 349 g/mol. The molecule has 1 amide bonds. The summed E-state index contributed by atoms with van der Waals surface area (Å²) < 4.78 is 5.37. The summed E-state index contributed by atoms with van der Waals surface area (Å²) in [5.41, 5.74) is 4.17. The molecule has 130 valence electrons. The Morgan fingerprint density at radius 1 is 1.48 bits per heavy atom. The van der Waals surface area contributed by atoms with Crippen LogP contribution in [0.25, 0.3) is 0 Å². The second-order valence-corrected chi connectivity index (χ2v) is 6.06. The van der Waals surface area contributed by atoms with Crippen molar-refractivity contribution in [3.63, 3.8) is 0 Å². The Morgan fingerprint density at radius 2 is 2.13 bits per heavy atom. The average molecular weight is 349 g/mol. The minimum absolute atomic E-state index is 0.0701. The SMILES string of the molecule is NCC1(CC(=O)O)CN([C@@H]2O[C@H](CO)[C@@H](O)[C@H]2O)C(=S)NC1=O. The van der Waals surface area contributed by atoms with Crippen molar-refractivity contribution in [2.45, 2.75) is 31.0 Å². The number of carboxylic acid groups (broad SMARTS) is 1. The van der Waals surface area contributed by atoms with Gasteiger partial charge in [-0.2, -0.15) is 0 Å². The van der Waals surface area contributed by atoms with Crippen LogP contribution in [0.4, 0.5) is 0 Å². The molecule has 11 heteroatoms. The van der Waals surface area contributed by atoms with Crippen molar-refractivity contribution in [3.8, 4) is 0 Å². The Kier molecular flexibility index (Phi) is 5.18. The first-order valence-corrected chi connectivity index (χ1v) is 7.33. The summed E-state index contributed by atoms with van der Waals surface area (Å²) in [5.74, 6) is -1.82. The highest BCUT2D eigenvalue weighted by molar-refractivity contribution is 7.80.